The molecular formula is C9H7NO2Se. The summed E-state index contributed by atoms with van der Waals surface area (Å²) in [6, 6.07) is 6.97. The Morgan fingerprint density at radius 2 is 2.08 bits per heavy atom. The summed E-state index contributed by atoms with van der Waals surface area (Å²) in [7, 11) is 0. The minimum absolute atomic E-state index is 0.144. The van der Waals surface area contributed by atoms with Gasteiger partial charge in [-0.1, -0.05) is 0 Å². The number of carbonyl (C=O) groups excluding carboxylic acids is 1. The van der Waals surface area contributed by atoms with Crippen molar-refractivity contribution in [3.63, 3.8) is 0 Å². The Morgan fingerprint density at radius 3 is 2.54 bits per heavy atom. The standard InChI is InChI=1S/C9H7NO2Se/c1-7(11)12-8-2-4-9(5-3-8)13-6-10/h2-5H,1H3. The minimum atomic E-state index is -0.335. The molecule has 0 saturated carbocycles. The van der Waals surface area contributed by atoms with Gasteiger partial charge in [0.05, 0.1) is 0 Å². The fraction of sp³-hybridized carbons (Fsp3) is 0.111. The topological polar surface area (TPSA) is 50.1 Å². The molecule has 4 heteroatoms. The van der Waals surface area contributed by atoms with Crippen LogP contribution >= 0.6 is 0 Å². The third-order valence-corrected chi connectivity index (χ3v) is 2.51. The first-order chi connectivity index (χ1) is 6.22. The summed E-state index contributed by atoms with van der Waals surface area (Å²) in [6.07, 6.45) is 0. The van der Waals surface area contributed by atoms with Crippen LogP contribution in [-0.2, 0) is 4.79 Å². The summed E-state index contributed by atoms with van der Waals surface area (Å²) in [5, 5.41) is 8.43. The Kier molecular flexibility index (Phi) is 3.51. The molecule has 1 aromatic carbocycles. The van der Waals surface area contributed by atoms with Gasteiger partial charge >= 0.3 is 82.1 Å². The van der Waals surface area contributed by atoms with Gasteiger partial charge in [-0.25, -0.2) is 0 Å². The van der Waals surface area contributed by atoms with E-state index in [0.29, 0.717) is 5.75 Å². The fourth-order valence-electron chi connectivity index (χ4n) is 0.794. The van der Waals surface area contributed by atoms with Crippen molar-refractivity contribution in [2.45, 2.75) is 6.92 Å². The van der Waals surface area contributed by atoms with Crippen molar-refractivity contribution in [2.24, 2.45) is 0 Å². The van der Waals surface area contributed by atoms with Crippen LogP contribution in [0.25, 0.3) is 0 Å². The molecule has 0 unspecified atom stereocenters. The zero-order valence-electron chi connectivity index (χ0n) is 6.98. The maximum atomic E-state index is 10.6. The number of hydrogen-bond donors (Lipinski definition) is 0. The zero-order chi connectivity index (χ0) is 9.68. The van der Waals surface area contributed by atoms with E-state index in [-0.39, 0.29) is 20.9 Å². The maximum absolute atomic E-state index is 10.6. The van der Waals surface area contributed by atoms with E-state index in [4.69, 9.17) is 10.00 Å². The summed E-state index contributed by atoms with van der Waals surface area (Å²) < 4.78 is 5.81. The second kappa shape index (κ2) is 4.66. The van der Waals surface area contributed by atoms with Gasteiger partial charge in [0.1, 0.15) is 0 Å². The normalized spacial score (nSPS) is 8.92. The molecule has 0 saturated heterocycles. The molecule has 3 nitrogen and oxygen atoms in total. The Balaban J connectivity index is 2.70. The Bertz CT molecular complexity index is 340. The van der Waals surface area contributed by atoms with Crippen molar-refractivity contribution < 1.29 is 9.53 Å². The first kappa shape index (κ1) is 9.78. The molecule has 66 valence electrons. The Labute approximate surface area is 82.5 Å². The molecule has 0 spiro atoms. The predicted octanol–water partition coefficient (Wildman–Crippen LogP) is 0.422. The zero-order valence-corrected chi connectivity index (χ0v) is 8.69. The number of nitrogens with zero attached hydrogens (tertiary/aromatic N) is 1. The molecule has 1 aromatic rings. The third kappa shape index (κ3) is 3.29. The van der Waals surface area contributed by atoms with Crippen LogP contribution in [0.4, 0.5) is 0 Å². The summed E-state index contributed by atoms with van der Waals surface area (Å²) in [5.74, 6) is 0.184. The third-order valence-electron chi connectivity index (χ3n) is 1.25. The van der Waals surface area contributed by atoms with E-state index in [1.807, 2.05) is 0 Å². The molecule has 0 fully saturated rings. The van der Waals surface area contributed by atoms with Crippen LogP contribution in [0.2, 0.25) is 0 Å². The van der Waals surface area contributed by atoms with Crippen LogP contribution in [0, 0.1) is 10.2 Å². The summed E-state index contributed by atoms with van der Waals surface area (Å²) in [6.45, 7) is 1.35. The Morgan fingerprint density at radius 1 is 1.46 bits per heavy atom. The Hall–Kier alpha value is -1.30. The average Bonchev–Trinajstić information content (AvgIpc) is 2.08. The van der Waals surface area contributed by atoms with Gasteiger partial charge in [0, 0.05) is 0 Å². The number of nitriles is 1. The van der Waals surface area contributed by atoms with Crippen LogP contribution in [0.1, 0.15) is 6.92 Å². The molecule has 0 aliphatic heterocycles. The van der Waals surface area contributed by atoms with Gasteiger partial charge in [-0.05, 0) is 0 Å². The molecule has 0 atom stereocenters. The van der Waals surface area contributed by atoms with E-state index >= 15 is 0 Å². The number of rotatable bonds is 2. The second-order valence-electron chi connectivity index (χ2n) is 2.26. The van der Waals surface area contributed by atoms with E-state index in [9.17, 15) is 4.79 Å². The van der Waals surface area contributed by atoms with Gasteiger partial charge in [-0.15, -0.1) is 0 Å². The van der Waals surface area contributed by atoms with Gasteiger partial charge in [0.15, 0.2) is 0 Å². The molecular weight excluding hydrogens is 233 g/mol. The monoisotopic (exact) mass is 241 g/mol. The van der Waals surface area contributed by atoms with Crippen LogP contribution in [0.15, 0.2) is 24.3 Å². The van der Waals surface area contributed by atoms with Crippen molar-refractivity contribution in [3.05, 3.63) is 24.3 Å². The molecule has 0 aliphatic rings. The van der Waals surface area contributed by atoms with Crippen molar-refractivity contribution in [1.82, 2.24) is 0 Å². The van der Waals surface area contributed by atoms with Crippen molar-refractivity contribution in [2.75, 3.05) is 0 Å². The van der Waals surface area contributed by atoms with Gasteiger partial charge in [-0.2, -0.15) is 0 Å². The number of hydrogen-bond acceptors (Lipinski definition) is 3. The average molecular weight is 240 g/mol. The molecule has 0 aromatic heterocycles. The van der Waals surface area contributed by atoms with E-state index in [2.05, 4.69) is 4.97 Å². The van der Waals surface area contributed by atoms with Gasteiger partial charge in [0.2, 0.25) is 0 Å². The molecule has 0 aliphatic carbocycles. The van der Waals surface area contributed by atoms with E-state index in [0.717, 1.165) is 4.46 Å². The summed E-state index contributed by atoms with van der Waals surface area (Å²) in [4.78, 5) is 12.7. The van der Waals surface area contributed by atoms with Gasteiger partial charge in [0.25, 0.3) is 0 Å². The molecule has 13 heavy (non-hydrogen) atoms. The van der Waals surface area contributed by atoms with Crippen molar-refractivity contribution >= 4 is 25.4 Å². The van der Waals surface area contributed by atoms with E-state index in [1.165, 1.54) is 6.92 Å². The molecule has 0 bridgehead atoms. The van der Waals surface area contributed by atoms with Crippen LogP contribution in [0.3, 0.4) is 0 Å². The number of benzene rings is 1. The number of esters is 1. The molecule has 0 amide bonds. The van der Waals surface area contributed by atoms with E-state index in [1.54, 1.807) is 24.3 Å². The quantitative estimate of drug-likeness (QED) is 0.427. The first-order valence-electron chi connectivity index (χ1n) is 3.57. The molecule has 0 heterocycles. The van der Waals surface area contributed by atoms with Crippen molar-refractivity contribution in [1.29, 1.82) is 5.26 Å². The first-order valence-corrected chi connectivity index (χ1v) is 5.28. The summed E-state index contributed by atoms with van der Waals surface area (Å²) >= 11 is -0.144. The fourth-order valence-corrected chi connectivity index (χ4v) is 1.59. The molecule has 0 N–H and O–H groups in total. The molecule has 0 radical (unpaired) electrons. The van der Waals surface area contributed by atoms with Crippen LogP contribution < -0.4 is 9.20 Å². The summed E-state index contributed by atoms with van der Waals surface area (Å²) in [5.41, 5.74) is 0. The van der Waals surface area contributed by atoms with E-state index < -0.39 is 0 Å². The number of ether oxygens (including phenoxy) is 1. The predicted molar refractivity (Wildman–Crippen MR) is 48.8 cm³/mol. The molecule has 1 rings (SSSR count). The van der Waals surface area contributed by atoms with Crippen molar-refractivity contribution in [3.8, 4) is 10.7 Å². The van der Waals surface area contributed by atoms with Crippen LogP contribution in [-0.4, -0.2) is 20.9 Å². The second-order valence-corrected chi connectivity index (χ2v) is 4.06. The van der Waals surface area contributed by atoms with Gasteiger partial charge in [-0.3, -0.25) is 0 Å². The van der Waals surface area contributed by atoms with Crippen LogP contribution in [0.5, 0.6) is 5.75 Å². The SMILES string of the molecule is CC(=O)Oc1ccc([Se]C#N)cc1. The number of carbonyl (C=O) groups is 1. The van der Waals surface area contributed by atoms with Gasteiger partial charge < -0.3 is 0 Å².